The van der Waals surface area contributed by atoms with Gasteiger partial charge < -0.3 is 0 Å². The highest BCUT2D eigenvalue weighted by atomic mass is 16.5. The van der Waals surface area contributed by atoms with Crippen LogP contribution in [0.2, 0.25) is 0 Å². The Labute approximate surface area is 63.8 Å². The Balaban J connectivity index is 2.96. The molecule has 0 spiro atoms. The SMILES string of the molecule is Cc1cncc(C(=O)NO)c1. The van der Waals surface area contributed by atoms with Crippen molar-refractivity contribution in [1.82, 2.24) is 10.5 Å². The van der Waals surface area contributed by atoms with E-state index >= 15 is 0 Å². The monoisotopic (exact) mass is 152 g/mol. The molecule has 0 aromatic carbocycles. The predicted molar refractivity (Wildman–Crippen MR) is 38.2 cm³/mol. The number of aromatic nitrogens is 1. The van der Waals surface area contributed by atoms with E-state index in [4.69, 9.17) is 5.21 Å². The van der Waals surface area contributed by atoms with Crippen LogP contribution in [-0.4, -0.2) is 16.1 Å². The van der Waals surface area contributed by atoms with Crippen molar-refractivity contribution in [2.45, 2.75) is 6.92 Å². The molecule has 0 aliphatic rings. The molecule has 0 atom stereocenters. The second-order valence-corrected chi connectivity index (χ2v) is 2.19. The van der Waals surface area contributed by atoms with Gasteiger partial charge in [-0.15, -0.1) is 0 Å². The van der Waals surface area contributed by atoms with Crippen LogP contribution in [-0.2, 0) is 0 Å². The predicted octanol–water partition coefficient (Wildman–Crippen LogP) is 0.509. The first-order valence-electron chi connectivity index (χ1n) is 3.10. The molecule has 0 saturated heterocycles. The number of nitrogens with one attached hydrogen (secondary N) is 1. The zero-order valence-electron chi connectivity index (χ0n) is 6.03. The van der Waals surface area contributed by atoms with Crippen LogP contribution in [0.3, 0.4) is 0 Å². The molecule has 0 aliphatic carbocycles. The first-order valence-corrected chi connectivity index (χ1v) is 3.10. The smallest absolute Gasteiger partial charge is 0.276 e. The zero-order chi connectivity index (χ0) is 8.27. The van der Waals surface area contributed by atoms with Crippen molar-refractivity contribution in [3.63, 3.8) is 0 Å². The molecule has 0 saturated carbocycles. The van der Waals surface area contributed by atoms with Gasteiger partial charge in [-0.2, -0.15) is 0 Å². The van der Waals surface area contributed by atoms with Crippen molar-refractivity contribution in [2.75, 3.05) is 0 Å². The van der Waals surface area contributed by atoms with Crippen LogP contribution < -0.4 is 5.48 Å². The molecule has 0 bridgehead atoms. The van der Waals surface area contributed by atoms with Crippen LogP contribution in [0.1, 0.15) is 15.9 Å². The summed E-state index contributed by atoms with van der Waals surface area (Å²) in [5.41, 5.74) is 2.76. The van der Waals surface area contributed by atoms with Crippen LogP contribution in [0.5, 0.6) is 0 Å². The lowest BCUT2D eigenvalue weighted by Crippen LogP contribution is -2.18. The third-order valence-electron chi connectivity index (χ3n) is 1.24. The van der Waals surface area contributed by atoms with Crippen LogP contribution in [0.15, 0.2) is 18.5 Å². The van der Waals surface area contributed by atoms with Gasteiger partial charge in [-0.3, -0.25) is 15.0 Å². The first kappa shape index (κ1) is 7.68. The van der Waals surface area contributed by atoms with Gasteiger partial charge in [0.15, 0.2) is 0 Å². The van der Waals surface area contributed by atoms with Gasteiger partial charge in [-0.1, -0.05) is 0 Å². The Morgan fingerprint density at radius 3 is 2.91 bits per heavy atom. The molecule has 1 rings (SSSR count). The Hall–Kier alpha value is -1.42. The number of hydrogen-bond acceptors (Lipinski definition) is 3. The van der Waals surface area contributed by atoms with E-state index < -0.39 is 5.91 Å². The highest BCUT2D eigenvalue weighted by Crippen LogP contribution is 1.99. The molecule has 0 radical (unpaired) electrons. The van der Waals surface area contributed by atoms with Crippen molar-refractivity contribution in [3.05, 3.63) is 29.6 Å². The quantitative estimate of drug-likeness (QED) is 0.455. The molecule has 4 nitrogen and oxygen atoms in total. The lowest BCUT2D eigenvalue weighted by molar-refractivity contribution is 0.0706. The number of aryl methyl sites for hydroxylation is 1. The van der Waals surface area contributed by atoms with Crippen molar-refractivity contribution >= 4 is 5.91 Å². The number of hydroxylamine groups is 1. The van der Waals surface area contributed by atoms with Crippen LogP contribution in [0.4, 0.5) is 0 Å². The second kappa shape index (κ2) is 3.12. The Kier molecular flexibility index (Phi) is 2.18. The van der Waals surface area contributed by atoms with E-state index in [-0.39, 0.29) is 0 Å². The van der Waals surface area contributed by atoms with Gasteiger partial charge in [-0.05, 0) is 18.6 Å². The van der Waals surface area contributed by atoms with Crippen molar-refractivity contribution in [3.8, 4) is 0 Å². The molecule has 0 aliphatic heterocycles. The Morgan fingerprint density at radius 1 is 1.64 bits per heavy atom. The third-order valence-corrected chi connectivity index (χ3v) is 1.24. The molecule has 1 amide bonds. The fourth-order valence-corrected chi connectivity index (χ4v) is 0.744. The number of pyridine rings is 1. The summed E-state index contributed by atoms with van der Waals surface area (Å²) < 4.78 is 0. The highest BCUT2D eigenvalue weighted by molar-refractivity contribution is 5.93. The van der Waals surface area contributed by atoms with Gasteiger partial charge in [0.1, 0.15) is 0 Å². The number of carbonyl (C=O) groups excluding carboxylic acids is 1. The van der Waals surface area contributed by atoms with E-state index in [0.29, 0.717) is 5.56 Å². The maximum Gasteiger partial charge on any atom is 0.276 e. The van der Waals surface area contributed by atoms with E-state index in [2.05, 4.69) is 4.98 Å². The molecule has 1 aromatic heterocycles. The van der Waals surface area contributed by atoms with Crippen LogP contribution >= 0.6 is 0 Å². The number of nitrogens with zero attached hydrogens (tertiary/aromatic N) is 1. The van der Waals surface area contributed by atoms with Gasteiger partial charge in [0, 0.05) is 12.4 Å². The zero-order valence-corrected chi connectivity index (χ0v) is 6.03. The summed E-state index contributed by atoms with van der Waals surface area (Å²) in [6, 6.07) is 1.64. The average Bonchev–Trinajstić information content (AvgIpc) is 2.03. The summed E-state index contributed by atoms with van der Waals surface area (Å²) in [6.45, 7) is 1.82. The number of carbonyl (C=O) groups is 1. The lowest BCUT2D eigenvalue weighted by atomic mass is 10.2. The van der Waals surface area contributed by atoms with Crippen molar-refractivity contribution in [2.24, 2.45) is 0 Å². The molecule has 1 aromatic rings. The summed E-state index contributed by atoms with van der Waals surface area (Å²) in [4.78, 5) is 14.5. The van der Waals surface area contributed by atoms with Gasteiger partial charge in [0.25, 0.3) is 5.91 Å². The van der Waals surface area contributed by atoms with Crippen molar-refractivity contribution < 1.29 is 10.0 Å². The topological polar surface area (TPSA) is 62.2 Å². The molecule has 11 heavy (non-hydrogen) atoms. The number of hydrogen-bond donors (Lipinski definition) is 2. The summed E-state index contributed by atoms with van der Waals surface area (Å²) in [6.07, 6.45) is 3.02. The first-order chi connectivity index (χ1) is 5.24. The minimum Gasteiger partial charge on any atom is -0.288 e. The van der Waals surface area contributed by atoms with E-state index in [0.717, 1.165) is 5.56 Å². The molecule has 2 N–H and O–H groups in total. The second-order valence-electron chi connectivity index (χ2n) is 2.19. The van der Waals surface area contributed by atoms with E-state index in [1.165, 1.54) is 11.7 Å². The van der Waals surface area contributed by atoms with Gasteiger partial charge in [0.05, 0.1) is 5.56 Å². The van der Waals surface area contributed by atoms with Crippen molar-refractivity contribution in [1.29, 1.82) is 0 Å². The fraction of sp³-hybridized carbons (Fsp3) is 0.143. The molecular formula is C7H8N2O2. The van der Waals surface area contributed by atoms with E-state index in [1.807, 2.05) is 6.92 Å². The maximum atomic E-state index is 10.8. The Morgan fingerprint density at radius 2 is 2.36 bits per heavy atom. The Bertz CT molecular complexity index is 273. The van der Waals surface area contributed by atoms with Crippen LogP contribution in [0.25, 0.3) is 0 Å². The van der Waals surface area contributed by atoms with E-state index in [1.54, 1.807) is 12.3 Å². The summed E-state index contributed by atoms with van der Waals surface area (Å²) >= 11 is 0. The molecule has 0 fully saturated rings. The minimum absolute atomic E-state index is 0.354. The normalized spacial score (nSPS) is 9.27. The molecule has 58 valence electrons. The van der Waals surface area contributed by atoms with Gasteiger partial charge in [0.2, 0.25) is 0 Å². The fourth-order valence-electron chi connectivity index (χ4n) is 0.744. The summed E-state index contributed by atoms with van der Waals surface area (Å²) in [5, 5.41) is 8.25. The van der Waals surface area contributed by atoms with Gasteiger partial charge in [-0.25, -0.2) is 5.48 Å². The summed E-state index contributed by atoms with van der Waals surface area (Å²) in [5.74, 6) is -0.541. The van der Waals surface area contributed by atoms with Crippen LogP contribution in [0, 0.1) is 6.92 Å². The maximum absolute atomic E-state index is 10.8. The number of amides is 1. The van der Waals surface area contributed by atoms with Gasteiger partial charge >= 0.3 is 0 Å². The molecular weight excluding hydrogens is 144 g/mol. The summed E-state index contributed by atoms with van der Waals surface area (Å²) in [7, 11) is 0. The molecule has 4 heteroatoms. The average molecular weight is 152 g/mol. The standard InChI is InChI=1S/C7H8N2O2/c1-5-2-6(4-8-3-5)7(10)9-11/h2-4,11H,1H3,(H,9,10). The van der Waals surface area contributed by atoms with E-state index in [9.17, 15) is 4.79 Å². The molecule has 1 heterocycles. The lowest BCUT2D eigenvalue weighted by Gasteiger charge is -1.97. The minimum atomic E-state index is -0.541. The largest absolute Gasteiger partial charge is 0.288 e. The highest BCUT2D eigenvalue weighted by Gasteiger charge is 2.02. The number of rotatable bonds is 1. The third kappa shape index (κ3) is 1.75. The molecule has 0 unspecified atom stereocenters.